The minimum Gasteiger partial charge on any atom is -0.341 e. The van der Waals surface area contributed by atoms with Crippen LogP contribution in [0.4, 0.5) is 5.69 Å². The molecular formula is C21H14BrN3S. The van der Waals surface area contributed by atoms with Crippen molar-refractivity contribution in [1.29, 1.82) is 0 Å². The second-order valence-corrected chi connectivity index (χ2v) is 8.17. The Bertz CT molecular complexity index is 1100. The molecule has 0 saturated carbocycles. The number of imidazole rings is 1. The standard InChI is InChI=1S/C21H14BrN3S/c22-14-11-9-13(10-12-14)19-20(26-18-8-4-3-7-17(18)23-19)21-24-15-5-1-2-6-16(15)25-21/h1-12,20H,(H,24,25)/t20-/m1/s1. The Morgan fingerprint density at radius 3 is 2.50 bits per heavy atom. The summed E-state index contributed by atoms with van der Waals surface area (Å²) < 4.78 is 1.06. The highest BCUT2D eigenvalue weighted by atomic mass is 79.9. The van der Waals surface area contributed by atoms with E-state index in [4.69, 9.17) is 9.98 Å². The van der Waals surface area contributed by atoms with E-state index >= 15 is 0 Å². The molecule has 3 nitrogen and oxygen atoms in total. The van der Waals surface area contributed by atoms with Crippen LogP contribution in [-0.2, 0) is 0 Å². The minimum atomic E-state index is 0.0264. The van der Waals surface area contributed by atoms with Gasteiger partial charge in [-0.3, -0.25) is 0 Å². The quantitative estimate of drug-likeness (QED) is 0.414. The first kappa shape index (κ1) is 15.9. The molecule has 1 aliphatic rings. The molecule has 0 radical (unpaired) electrons. The van der Waals surface area contributed by atoms with Crippen molar-refractivity contribution in [3.63, 3.8) is 0 Å². The van der Waals surface area contributed by atoms with E-state index < -0.39 is 0 Å². The lowest BCUT2D eigenvalue weighted by Crippen LogP contribution is -2.15. The van der Waals surface area contributed by atoms with Crippen LogP contribution >= 0.6 is 27.7 Å². The summed E-state index contributed by atoms with van der Waals surface area (Å²) in [7, 11) is 0. The van der Waals surface area contributed by atoms with Gasteiger partial charge in [-0.15, -0.1) is 11.8 Å². The number of aliphatic imine (C=N–C) groups is 1. The van der Waals surface area contributed by atoms with Gasteiger partial charge in [0.2, 0.25) is 0 Å². The molecule has 1 aromatic heterocycles. The number of para-hydroxylation sites is 3. The van der Waals surface area contributed by atoms with Gasteiger partial charge in [-0.2, -0.15) is 0 Å². The predicted octanol–water partition coefficient (Wildman–Crippen LogP) is 6.29. The molecule has 0 saturated heterocycles. The second kappa shape index (κ2) is 6.41. The van der Waals surface area contributed by atoms with Crippen molar-refractivity contribution in [3.8, 4) is 0 Å². The Labute approximate surface area is 163 Å². The molecule has 1 aliphatic heterocycles. The van der Waals surface area contributed by atoms with Crippen molar-refractivity contribution in [3.05, 3.63) is 88.7 Å². The summed E-state index contributed by atoms with van der Waals surface area (Å²) in [6.07, 6.45) is 0. The van der Waals surface area contributed by atoms with Gasteiger partial charge in [-0.25, -0.2) is 9.98 Å². The Kier molecular flexibility index (Phi) is 3.91. The first-order valence-corrected chi connectivity index (χ1v) is 10.00. The number of aromatic nitrogens is 2. The molecule has 0 fully saturated rings. The molecule has 126 valence electrons. The van der Waals surface area contributed by atoms with E-state index in [1.165, 1.54) is 4.90 Å². The van der Waals surface area contributed by atoms with Crippen molar-refractivity contribution in [2.75, 3.05) is 0 Å². The fourth-order valence-electron chi connectivity index (χ4n) is 3.14. The number of thioether (sulfide) groups is 1. The maximum atomic E-state index is 4.99. The van der Waals surface area contributed by atoms with Crippen molar-refractivity contribution in [2.45, 2.75) is 10.1 Å². The van der Waals surface area contributed by atoms with E-state index in [-0.39, 0.29) is 5.25 Å². The van der Waals surface area contributed by atoms with Gasteiger partial charge in [0, 0.05) is 9.37 Å². The molecule has 0 amide bonds. The normalized spacial score (nSPS) is 16.3. The maximum Gasteiger partial charge on any atom is 0.126 e. The average molecular weight is 420 g/mol. The van der Waals surface area contributed by atoms with Gasteiger partial charge in [0.15, 0.2) is 0 Å². The van der Waals surface area contributed by atoms with Gasteiger partial charge in [-0.05, 0) is 42.0 Å². The van der Waals surface area contributed by atoms with Gasteiger partial charge in [0.05, 0.1) is 22.4 Å². The monoisotopic (exact) mass is 419 g/mol. The smallest absolute Gasteiger partial charge is 0.126 e. The third-order valence-electron chi connectivity index (χ3n) is 4.40. The van der Waals surface area contributed by atoms with Crippen LogP contribution in [0, 0.1) is 0 Å². The second-order valence-electron chi connectivity index (χ2n) is 6.11. The lowest BCUT2D eigenvalue weighted by Gasteiger charge is -2.23. The highest BCUT2D eigenvalue weighted by Gasteiger charge is 2.29. The molecule has 0 spiro atoms. The van der Waals surface area contributed by atoms with Gasteiger partial charge in [-0.1, -0.05) is 52.3 Å². The lowest BCUT2D eigenvalue weighted by molar-refractivity contribution is 1.06. The molecule has 3 aromatic carbocycles. The third-order valence-corrected chi connectivity index (χ3v) is 6.21. The molecule has 2 heterocycles. The molecule has 4 aromatic rings. The molecule has 5 rings (SSSR count). The van der Waals surface area contributed by atoms with Gasteiger partial charge >= 0.3 is 0 Å². The van der Waals surface area contributed by atoms with E-state index in [2.05, 4.69) is 69.4 Å². The van der Waals surface area contributed by atoms with Gasteiger partial charge in [0.1, 0.15) is 11.1 Å². The number of H-pyrrole nitrogens is 1. The van der Waals surface area contributed by atoms with Crippen LogP contribution < -0.4 is 0 Å². The van der Waals surface area contributed by atoms with Crippen molar-refractivity contribution in [2.24, 2.45) is 4.99 Å². The fourth-order valence-corrected chi connectivity index (χ4v) is 4.57. The van der Waals surface area contributed by atoms with Gasteiger partial charge < -0.3 is 4.98 Å². The Morgan fingerprint density at radius 1 is 0.885 bits per heavy atom. The Balaban J connectivity index is 1.68. The van der Waals surface area contributed by atoms with Crippen LogP contribution in [0.1, 0.15) is 16.6 Å². The van der Waals surface area contributed by atoms with E-state index in [1.807, 2.05) is 24.3 Å². The van der Waals surface area contributed by atoms with Crippen LogP contribution in [-0.4, -0.2) is 15.7 Å². The van der Waals surface area contributed by atoms with E-state index in [1.54, 1.807) is 11.8 Å². The maximum absolute atomic E-state index is 4.99. The molecule has 1 atom stereocenters. The molecule has 26 heavy (non-hydrogen) atoms. The summed E-state index contributed by atoms with van der Waals surface area (Å²) >= 11 is 5.31. The van der Waals surface area contributed by atoms with Crippen molar-refractivity contribution < 1.29 is 0 Å². The number of benzene rings is 3. The van der Waals surface area contributed by atoms with E-state index in [9.17, 15) is 0 Å². The molecule has 0 bridgehead atoms. The van der Waals surface area contributed by atoms with Crippen LogP contribution in [0.25, 0.3) is 11.0 Å². The number of nitrogens with zero attached hydrogens (tertiary/aromatic N) is 2. The minimum absolute atomic E-state index is 0.0264. The summed E-state index contributed by atoms with van der Waals surface area (Å²) in [4.78, 5) is 14.5. The molecular weight excluding hydrogens is 406 g/mol. The summed E-state index contributed by atoms with van der Waals surface area (Å²) in [5.41, 5.74) is 5.19. The summed E-state index contributed by atoms with van der Waals surface area (Å²) in [6, 6.07) is 24.7. The number of aromatic amines is 1. The molecule has 5 heteroatoms. The first-order valence-electron chi connectivity index (χ1n) is 8.33. The highest BCUT2D eigenvalue weighted by molar-refractivity contribution is 9.10. The average Bonchev–Trinajstić information content (AvgIpc) is 3.12. The van der Waals surface area contributed by atoms with Crippen LogP contribution in [0.15, 0.2) is 87.2 Å². The van der Waals surface area contributed by atoms with E-state index in [0.29, 0.717) is 0 Å². The van der Waals surface area contributed by atoms with Crippen molar-refractivity contribution >= 4 is 50.1 Å². The zero-order valence-corrected chi connectivity index (χ0v) is 16.1. The third kappa shape index (κ3) is 2.77. The first-order chi connectivity index (χ1) is 12.8. The topological polar surface area (TPSA) is 41.0 Å². The number of rotatable bonds is 2. The number of hydrogen-bond acceptors (Lipinski definition) is 3. The zero-order chi connectivity index (χ0) is 17.5. The number of halogens is 1. The predicted molar refractivity (Wildman–Crippen MR) is 111 cm³/mol. The Morgan fingerprint density at radius 2 is 1.65 bits per heavy atom. The van der Waals surface area contributed by atoms with Crippen molar-refractivity contribution in [1.82, 2.24) is 9.97 Å². The largest absolute Gasteiger partial charge is 0.341 e. The number of nitrogens with one attached hydrogen (secondary N) is 1. The Hall–Kier alpha value is -2.37. The lowest BCUT2D eigenvalue weighted by atomic mass is 10.1. The highest BCUT2D eigenvalue weighted by Crippen LogP contribution is 2.46. The van der Waals surface area contributed by atoms with E-state index in [0.717, 1.165) is 38.3 Å². The number of fused-ring (bicyclic) bond motifs is 2. The molecule has 1 N–H and O–H groups in total. The van der Waals surface area contributed by atoms with Gasteiger partial charge in [0.25, 0.3) is 0 Å². The summed E-state index contributed by atoms with van der Waals surface area (Å²) in [5.74, 6) is 0.937. The summed E-state index contributed by atoms with van der Waals surface area (Å²) in [5, 5.41) is 0.0264. The number of hydrogen-bond donors (Lipinski definition) is 1. The zero-order valence-electron chi connectivity index (χ0n) is 13.7. The molecule has 0 aliphatic carbocycles. The van der Waals surface area contributed by atoms with Crippen LogP contribution in [0.5, 0.6) is 0 Å². The molecule has 0 unspecified atom stereocenters. The SMILES string of the molecule is Brc1ccc(C2=Nc3ccccc3S[C@H]2c2nc3ccccc3[nH]2)cc1. The van der Waals surface area contributed by atoms with Crippen LogP contribution in [0.2, 0.25) is 0 Å². The van der Waals surface area contributed by atoms with Crippen LogP contribution in [0.3, 0.4) is 0 Å². The summed E-state index contributed by atoms with van der Waals surface area (Å²) in [6.45, 7) is 0. The fraction of sp³-hybridized carbons (Fsp3) is 0.0476.